The van der Waals surface area contributed by atoms with Gasteiger partial charge in [0.05, 0.1) is 0 Å². The van der Waals surface area contributed by atoms with Gasteiger partial charge in [0.2, 0.25) is 0 Å². The zero-order valence-electron chi connectivity index (χ0n) is 40.9. The van der Waals surface area contributed by atoms with Crippen molar-refractivity contribution in [3.8, 4) is 0 Å². The molecule has 0 N–H and O–H groups in total. The topological polar surface area (TPSA) is 78.9 Å². The number of unbranched alkanes of at least 4 members (excludes halogenated alkanes) is 34. The van der Waals surface area contributed by atoms with E-state index in [-0.39, 0.29) is 31.1 Å². The summed E-state index contributed by atoms with van der Waals surface area (Å²) in [5.74, 6) is -0.870. The molecule has 0 unspecified atom stereocenters. The summed E-state index contributed by atoms with van der Waals surface area (Å²) in [6.45, 7) is 6.63. The molecule has 0 rings (SSSR count). The summed E-state index contributed by atoms with van der Waals surface area (Å²) in [5.41, 5.74) is 0. The maximum absolute atomic E-state index is 12.8. The molecule has 0 fully saturated rings. The molecule has 0 aromatic rings. The van der Waals surface area contributed by atoms with Gasteiger partial charge < -0.3 is 14.2 Å². The Morgan fingerprint density at radius 2 is 0.541 bits per heavy atom. The van der Waals surface area contributed by atoms with Gasteiger partial charge in [-0.15, -0.1) is 0 Å². The maximum Gasteiger partial charge on any atom is 0.306 e. The highest BCUT2D eigenvalue weighted by Gasteiger charge is 2.19. The fourth-order valence-electron chi connectivity index (χ4n) is 7.84. The van der Waals surface area contributed by atoms with Crippen molar-refractivity contribution in [3.63, 3.8) is 0 Å². The molecule has 0 saturated carbocycles. The molecule has 0 saturated heterocycles. The van der Waals surface area contributed by atoms with Crippen molar-refractivity contribution in [3.05, 3.63) is 24.3 Å². The van der Waals surface area contributed by atoms with E-state index >= 15 is 0 Å². The number of carbonyl (C=O) groups is 3. The highest BCUT2D eigenvalue weighted by atomic mass is 16.6. The number of hydrogen-bond acceptors (Lipinski definition) is 6. The Morgan fingerprint density at radius 3 is 0.836 bits per heavy atom. The quantitative estimate of drug-likeness (QED) is 0.0262. The number of esters is 3. The Bertz CT molecular complexity index is 989. The van der Waals surface area contributed by atoms with Crippen LogP contribution in [-0.4, -0.2) is 37.2 Å². The lowest BCUT2D eigenvalue weighted by Gasteiger charge is -2.18. The predicted molar refractivity (Wildman–Crippen MR) is 261 cm³/mol. The van der Waals surface area contributed by atoms with Gasteiger partial charge in [-0.2, -0.15) is 0 Å². The van der Waals surface area contributed by atoms with E-state index < -0.39 is 6.10 Å². The molecule has 0 amide bonds. The molecular formula is C55H102O6. The Balaban J connectivity index is 4.35. The third-order valence-corrected chi connectivity index (χ3v) is 11.9. The van der Waals surface area contributed by atoms with Gasteiger partial charge in [0.1, 0.15) is 13.2 Å². The number of hydrogen-bond donors (Lipinski definition) is 0. The number of rotatable bonds is 49. The van der Waals surface area contributed by atoms with Crippen molar-refractivity contribution in [1.29, 1.82) is 0 Å². The molecule has 0 bridgehead atoms. The zero-order chi connectivity index (χ0) is 44.4. The largest absolute Gasteiger partial charge is 0.462 e. The fourth-order valence-corrected chi connectivity index (χ4v) is 7.84. The molecule has 1 atom stereocenters. The lowest BCUT2D eigenvalue weighted by atomic mass is 10.0. The van der Waals surface area contributed by atoms with E-state index in [1.807, 2.05) is 0 Å². The Kier molecular flexibility index (Phi) is 48.8. The van der Waals surface area contributed by atoms with Crippen LogP contribution in [0.3, 0.4) is 0 Å². The van der Waals surface area contributed by atoms with Crippen LogP contribution in [0.4, 0.5) is 0 Å². The van der Waals surface area contributed by atoms with Crippen molar-refractivity contribution < 1.29 is 28.6 Å². The molecule has 61 heavy (non-hydrogen) atoms. The van der Waals surface area contributed by atoms with Crippen molar-refractivity contribution in [2.75, 3.05) is 13.2 Å². The second-order valence-electron chi connectivity index (χ2n) is 18.1. The van der Waals surface area contributed by atoms with Gasteiger partial charge in [0, 0.05) is 19.3 Å². The molecule has 0 radical (unpaired) electrons. The summed E-state index contributed by atoms with van der Waals surface area (Å²) >= 11 is 0. The van der Waals surface area contributed by atoms with Crippen molar-refractivity contribution in [2.45, 2.75) is 297 Å². The minimum atomic E-state index is -0.771. The summed E-state index contributed by atoms with van der Waals surface area (Å²) < 4.78 is 16.8. The summed E-state index contributed by atoms with van der Waals surface area (Å²) in [4.78, 5) is 38.0. The van der Waals surface area contributed by atoms with E-state index in [1.54, 1.807) is 0 Å². The van der Waals surface area contributed by atoms with Gasteiger partial charge in [0.15, 0.2) is 6.10 Å². The van der Waals surface area contributed by atoms with E-state index in [0.717, 1.165) is 64.2 Å². The SMILES string of the molecule is CCCCCC/C=C/CCCCCCCCCC(=O)OC[C@@H](COC(=O)CCCCCCC/C=C/CCCCCC)OC(=O)CCCCCCCCCCCCCCCCC. The zero-order valence-corrected chi connectivity index (χ0v) is 40.9. The fraction of sp³-hybridized carbons (Fsp3) is 0.873. The molecule has 0 aliphatic carbocycles. The molecule has 0 aliphatic rings. The van der Waals surface area contributed by atoms with E-state index in [2.05, 4.69) is 45.1 Å². The summed E-state index contributed by atoms with van der Waals surface area (Å²) in [6, 6.07) is 0. The normalized spacial score (nSPS) is 12.1. The van der Waals surface area contributed by atoms with Crippen molar-refractivity contribution in [2.24, 2.45) is 0 Å². The van der Waals surface area contributed by atoms with Crippen LogP contribution in [0.5, 0.6) is 0 Å². The van der Waals surface area contributed by atoms with Gasteiger partial charge in [-0.3, -0.25) is 14.4 Å². The Morgan fingerprint density at radius 1 is 0.311 bits per heavy atom. The van der Waals surface area contributed by atoms with Crippen LogP contribution >= 0.6 is 0 Å². The molecule has 358 valence electrons. The van der Waals surface area contributed by atoms with Crippen LogP contribution in [0.2, 0.25) is 0 Å². The monoisotopic (exact) mass is 859 g/mol. The van der Waals surface area contributed by atoms with Crippen LogP contribution < -0.4 is 0 Å². The first kappa shape index (κ1) is 58.9. The Hall–Kier alpha value is -2.11. The van der Waals surface area contributed by atoms with Crippen LogP contribution in [0.25, 0.3) is 0 Å². The van der Waals surface area contributed by atoms with E-state index in [4.69, 9.17) is 14.2 Å². The van der Waals surface area contributed by atoms with E-state index in [1.165, 1.54) is 186 Å². The van der Waals surface area contributed by atoms with Crippen LogP contribution in [0.15, 0.2) is 24.3 Å². The van der Waals surface area contributed by atoms with Gasteiger partial charge in [0.25, 0.3) is 0 Å². The smallest absolute Gasteiger partial charge is 0.306 e. The van der Waals surface area contributed by atoms with E-state index in [0.29, 0.717) is 19.3 Å². The molecular weight excluding hydrogens is 757 g/mol. The summed E-state index contributed by atoms with van der Waals surface area (Å²) in [7, 11) is 0. The second-order valence-corrected chi connectivity index (χ2v) is 18.1. The molecule has 0 spiro atoms. The highest BCUT2D eigenvalue weighted by molar-refractivity contribution is 5.71. The Labute approximate surface area is 379 Å². The maximum atomic E-state index is 12.8. The number of allylic oxidation sites excluding steroid dienone is 4. The first-order valence-electron chi connectivity index (χ1n) is 26.8. The summed E-state index contributed by atoms with van der Waals surface area (Å²) in [6.07, 6.45) is 57.3. The number of ether oxygens (including phenoxy) is 3. The van der Waals surface area contributed by atoms with Gasteiger partial charge in [-0.1, -0.05) is 225 Å². The van der Waals surface area contributed by atoms with Gasteiger partial charge in [-0.25, -0.2) is 0 Å². The van der Waals surface area contributed by atoms with Crippen molar-refractivity contribution in [1.82, 2.24) is 0 Å². The molecule has 0 aromatic carbocycles. The van der Waals surface area contributed by atoms with Crippen molar-refractivity contribution >= 4 is 17.9 Å². The minimum absolute atomic E-state index is 0.0723. The predicted octanol–water partition coefficient (Wildman–Crippen LogP) is 17.5. The van der Waals surface area contributed by atoms with Crippen LogP contribution in [-0.2, 0) is 28.6 Å². The number of carbonyl (C=O) groups excluding carboxylic acids is 3. The third-order valence-electron chi connectivity index (χ3n) is 11.9. The summed E-state index contributed by atoms with van der Waals surface area (Å²) in [5, 5.41) is 0. The molecule has 6 nitrogen and oxygen atoms in total. The molecule has 6 heteroatoms. The standard InChI is InChI=1S/C55H102O6/c1-4-7-10-13-16-19-22-25-27-30-33-36-39-42-45-48-54(57)60-51-52(50-59-53(56)47-44-41-38-35-32-29-24-21-18-15-12-9-6-3)61-55(58)49-46-43-40-37-34-31-28-26-23-20-17-14-11-8-5-2/h19,21-22,24,52H,4-18,20,23,25-51H2,1-3H3/b22-19+,24-21+/t52-/m1/s1. The average Bonchev–Trinajstić information content (AvgIpc) is 3.26. The van der Waals surface area contributed by atoms with Crippen LogP contribution in [0, 0.1) is 0 Å². The second kappa shape index (κ2) is 50.5. The molecule has 0 aliphatic heterocycles. The van der Waals surface area contributed by atoms with Gasteiger partial charge in [-0.05, 0) is 70.6 Å². The lowest BCUT2D eigenvalue weighted by Crippen LogP contribution is -2.30. The highest BCUT2D eigenvalue weighted by Crippen LogP contribution is 2.16. The lowest BCUT2D eigenvalue weighted by molar-refractivity contribution is -0.167. The van der Waals surface area contributed by atoms with E-state index in [9.17, 15) is 14.4 Å². The average molecular weight is 859 g/mol. The van der Waals surface area contributed by atoms with Crippen LogP contribution in [0.1, 0.15) is 290 Å². The third kappa shape index (κ3) is 48.8. The first-order valence-corrected chi connectivity index (χ1v) is 26.8. The molecule has 0 heterocycles. The minimum Gasteiger partial charge on any atom is -0.462 e. The van der Waals surface area contributed by atoms with Gasteiger partial charge >= 0.3 is 17.9 Å². The first-order chi connectivity index (χ1) is 30.0. The molecule has 0 aromatic heterocycles.